The third kappa shape index (κ3) is 1.45. The highest BCUT2D eigenvalue weighted by Crippen LogP contribution is 2.28. The molecule has 0 spiro atoms. The number of methoxy groups -OCH3 is 1. The Morgan fingerprint density at radius 3 is 3.12 bits per heavy atom. The quantitative estimate of drug-likeness (QED) is 0.681. The molecule has 0 saturated heterocycles. The molecule has 0 unspecified atom stereocenters. The zero-order valence-corrected chi connectivity index (χ0v) is 9.32. The second-order valence-electron chi connectivity index (χ2n) is 3.23. The van der Waals surface area contributed by atoms with Crippen molar-refractivity contribution >= 4 is 22.4 Å². The van der Waals surface area contributed by atoms with Gasteiger partial charge in [0.2, 0.25) is 5.88 Å². The molecule has 16 heavy (non-hydrogen) atoms. The Balaban J connectivity index is 2.10. The molecule has 0 aliphatic heterocycles. The van der Waals surface area contributed by atoms with E-state index in [0.717, 1.165) is 21.7 Å². The van der Waals surface area contributed by atoms with E-state index in [0.29, 0.717) is 5.88 Å². The maximum atomic E-state index is 5.25. The summed E-state index contributed by atoms with van der Waals surface area (Å²) in [5, 5.41) is 2.79. The summed E-state index contributed by atoms with van der Waals surface area (Å²) < 4.78 is 10.3. The average Bonchev–Trinajstić information content (AvgIpc) is 2.96. The molecule has 0 amide bonds. The van der Waals surface area contributed by atoms with Crippen LogP contribution < -0.4 is 4.74 Å². The highest BCUT2D eigenvalue weighted by molar-refractivity contribution is 7.13. The third-order valence-electron chi connectivity index (χ3n) is 2.27. The molecule has 2 heterocycles. The molecule has 4 nitrogen and oxygen atoms in total. The molecule has 0 atom stereocenters. The molecule has 0 radical (unpaired) electrons. The number of nitrogens with zero attached hydrogens (tertiary/aromatic N) is 2. The number of benzene rings is 1. The molecule has 0 N–H and O–H groups in total. The number of ether oxygens (including phenoxy) is 1. The Morgan fingerprint density at radius 2 is 2.31 bits per heavy atom. The van der Waals surface area contributed by atoms with Crippen molar-refractivity contribution in [2.45, 2.75) is 0 Å². The van der Waals surface area contributed by atoms with E-state index < -0.39 is 0 Å². The smallest absolute Gasteiger partial charge is 0.224 e. The van der Waals surface area contributed by atoms with Crippen LogP contribution in [-0.2, 0) is 0 Å². The number of hydrogen-bond donors (Lipinski definition) is 0. The van der Waals surface area contributed by atoms with Crippen LogP contribution in [-0.4, -0.2) is 17.1 Å². The van der Waals surface area contributed by atoms with E-state index in [9.17, 15) is 0 Å². The van der Waals surface area contributed by atoms with Gasteiger partial charge in [-0.3, -0.25) is 0 Å². The summed E-state index contributed by atoms with van der Waals surface area (Å²) >= 11 is 1.54. The molecular weight excluding hydrogens is 224 g/mol. The SMILES string of the molecule is COc1csc(-c2ccc3ncoc3c2)n1. The number of rotatable bonds is 2. The van der Waals surface area contributed by atoms with E-state index in [2.05, 4.69) is 9.97 Å². The van der Waals surface area contributed by atoms with Crippen LogP contribution in [0.4, 0.5) is 0 Å². The summed E-state index contributed by atoms with van der Waals surface area (Å²) in [5.74, 6) is 0.637. The van der Waals surface area contributed by atoms with Gasteiger partial charge < -0.3 is 9.15 Å². The second-order valence-corrected chi connectivity index (χ2v) is 4.09. The van der Waals surface area contributed by atoms with E-state index >= 15 is 0 Å². The molecule has 5 heteroatoms. The summed E-state index contributed by atoms with van der Waals surface area (Å²) in [4.78, 5) is 8.39. The molecule has 0 saturated carbocycles. The molecule has 1 aromatic carbocycles. The Hall–Kier alpha value is -1.88. The molecule has 3 rings (SSSR count). The average molecular weight is 232 g/mol. The largest absolute Gasteiger partial charge is 0.480 e. The Kier molecular flexibility index (Phi) is 2.11. The van der Waals surface area contributed by atoms with Gasteiger partial charge in [-0.05, 0) is 18.2 Å². The van der Waals surface area contributed by atoms with Gasteiger partial charge in [0.05, 0.1) is 12.5 Å². The minimum absolute atomic E-state index is 0.637. The van der Waals surface area contributed by atoms with Crippen LogP contribution in [0.15, 0.2) is 34.4 Å². The zero-order chi connectivity index (χ0) is 11.0. The lowest BCUT2D eigenvalue weighted by Crippen LogP contribution is -1.82. The molecule has 3 aromatic rings. The van der Waals surface area contributed by atoms with Crippen molar-refractivity contribution in [1.82, 2.24) is 9.97 Å². The fourth-order valence-corrected chi connectivity index (χ4v) is 2.24. The van der Waals surface area contributed by atoms with Gasteiger partial charge in [-0.2, -0.15) is 0 Å². The van der Waals surface area contributed by atoms with Crippen molar-refractivity contribution in [3.05, 3.63) is 30.0 Å². The summed E-state index contributed by atoms with van der Waals surface area (Å²) in [5.41, 5.74) is 2.64. The van der Waals surface area contributed by atoms with Crippen molar-refractivity contribution in [1.29, 1.82) is 0 Å². The van der Waals surface area contributed by atoms with Crippen LogP contribution in [0.25, 0.3) is 21.7 Å². The Bertz CT molecular complexity index is 629. The number of thiazole rings is 1. The molecule has 2 aromatic heterocycles. The standard InChI is InChI=1S/C11H8N2O2S/c1-14-10-5-16-11(13-10)7-2-3-8-9(4-7)15-6-12-8/h2-6H,1H3. The van der Waals surface area contributed by atoms with Gasteiger partial charge in [-0.15, -0.1) is 11.3 Å². The predicted octanol–water partition coefficient (Wildman–Crippen LogP) is 2.96. The van der Waals surface area contributed by atoms with Gasteiger partial charge in [0.1, 0.15) is 10.5 Å². The van der Waals surface area contributed by atoms with E-state index in [1.807, 2.05) is 23.6 Å². The highest BCUT2D eigenvalue weighted by Gasteiger charge is 2.07. The summed E-state index contributed by atoms with van der Waals surface area (Å²) in [6, 6.07) is 5.83. The molecule has 80 valence electrons. The van der Waals surface area contributed by atoms with Gasteiger partial charge in [0.25, 0.3) is 0 Å². The first-order valence-corrected chi connectivity index (χ1v) is 5.58. The fourth-order valence-electron chi connectivity index (χ4n) is 1.47. The Morgan fingerprint density at radius 1 is 1.38 bits per heavy atom. The van der Waals surface area contributed by atoms with Crippen LogP contribution in [0, 0.1) is 0 Å². The lowest BCUT2D eigenvalue weighted by atomic mass is 10.2. The summed E-state index contributed by atoms with van der Waals surface area (Å²) in [7, 11) is 1.61. The molecule has 0 bridgehead atoms. The van der Waals surface area contributed by atoms with E-state index in [-0.39, 0.29) is 0 Å². The van der Waals surface area contributed by atoms with Crippen LogP contribution >= 0.6 is 11.3 Å². The van der Waals surface area contributed by atoms with E-state index in [4.69, 9.17) is 9.15 Å². The van der Waals surface area contributed by atoms with Crippen molar-refractivity contribution in [2.75, 3.05) is 7.11 Å². The molecule has 0 aliphatic carbocycles. The van der Waals surface area contributed by atoms with Gasteiger partial charge in [0, 0.05) is 5.56 Å². The van der Waals surface area contributed by atoms with Crippen LogP contribution in [0.2, 0.25) is 0 Å². The monoisotopic (exact) mass is 232 g/mol. The summed E-state index contributed by atoms with van der Waals surface area (Å²) in [6.45, 7) is 0. The maximum Gasteiger partial charge on any atom is 0.224 e. The van der Waals surface area contributed by atoms with Crippen LogP contribution in [0.1, 0.15) is 0 Å². The lowest BCUT2D eigenvalue weighted by Gasteiger charge is -1.95. The van der Waals surface area contributed by atoms with Gasteiger partial charge in [-0.1, -0.05) is 0 Å². The van der Waals surface area contributed by atoms with Gasteiger partial charge in [0.15, 0.2) is 12.0 Å². The van der Waals surface area contributed by atoms with Crippen LogP contribution in [0.5, 0.6) is 5.88 Å². The number of aromatic nitrogens is 2. The third-order valence-corrected chi connectivity index (χ3v) is 3.14. The fraction of sp³-hybridized carbons (Fsp3) is 0.0909. The van der Waals surface area contributed by atoms with E-state index in [1.165, 1.54) is 6.39 Å². The van der Waals surface area contributed by atoms with E-state index in [1.54, 1.807) is 18.4 Å². The number of oxazole rings is 1. The second kappa shape index (κ2) is 3.61. The first-order valence-electron chi connectivity index (χ1n) is 4.70. The maximum absolute atomic E-state index is 5.25. The van der Waals surface area contributed by atoms with Crippen molar-refractivity contribution in [2.24, 2.45) is 0 Å². The highest BCUT2D eigenvalue weighted by atomic mass is 32.1. The summed E-state index contributed by atoms with van der Waals surface area (Å²) in [6.07, 6.45) is 1.44. The van der Waals surface area contributed by atoms with Crippen molar-refractivity contribution in [3.8, 4) is 16.5 Å². The topological polar surface area (TPSA) is 48.2 Å². The van der Waals surface area contributed by atoms with Crippen molar-refractivity contribution in [3.63, 3.8) is 0 Å². The van der Waals surface area contributed by atoms with Crippen LogP contribution in [0.3, 0.4) is 0 Å². The zero-order valence-electron chi connectivity index (χ0n) is 8.51. The molecule has 0 aliphatic rings. The first-order chi connectivity index (χ1) is 7.86. The first kappa shape index (κ1) is 9.35. The Labute approximate surface area is 95.5 Å². The lowest BCUT2D eigenvalue weighted by molar-refractivity contribution is 0.401. The molecular formula is C11H8N2O2S. The normalized spacial score (nSPS) is 10.8. The van der Waals surface area contributed by atoms with Gasteiger partial charge in [-0.25, -0.2) is 9.97 Å². The number of hydrogen-bond acceptors (Lipinski definition) is 5. The van der Waals surface area contributed by atoms with Gasteiger partial charge >= 0.3 is 0 Å². The number of fused-ring (bicyclic) bond motifs is 1. The predicted molar refractivity (Wildman–Crippen MR) is 61.7 cm³/mol. The van der Waals surface area contributed by atoms with Crippen molar-refractivity contribution < 1.29 is 9.15 Å². The minimum Gasteiger partial charge on any atom is -0.480 e. The molecule has 0 fully saturated rings. The minimum atomic E-state index is 0.637.